The third-order valence-corrected chi connectivity index (χ3v) is 10.9. The lowest BCUT2D eigenvalue weighted by Crippen LogP contribution is -2.69. The van der Waals surface area contributed by atoms with E-state index in [0.29, 0.717) is 18.2 Å². The predicted molar refractivity (Wildman–Crippen MR) is 212 cm³/mol. The van der Waals surface area contributed by atoms with Crippen molar-refractivity contribution in [3.8, 4) is 0 Å². The van der Waals surface area contributed by atoms with Crippen molar-refractivity contribution >= 4 is 65.4 Å². The number of carbonyl (C=O) groups excluding carboxylic acids is 9. The van der Waals surface area contributed by atoms with Crippen molar-refractivity contribution in [3.63, 3.8) is 0 Å². The summed E-state index contributed by atoms with van der Waals surface area (Å²) in [6.45, 7) is 9.49. The maximum atomic E-state index is 14.4. The third kappa shape index (κ3) is 17.3. The Morgan fingerprint density at radius 3 is 1.82 bits per heavy atom. The van der Waals surface area contributed by atoms with E-state index in [-0.39, 0.29) is 6.61 Å². The zero-order valence-electron chi connectivity index (χ0n) is 36.9. The molecule has 2 fully saturated rings. The quantitative estimate of drug-likeness (QED) is 0.0874. The van der Waals surface area contributed by atoms with Gasteiger partial charge in [0.15, 0.2) is 24.6 Å². The van der Waals surface area contributed by atoms with E-state index in [1.165, 1.54) is 0 Å². The zero-order chi connectivity index (χ0) is 46.7. The van der Waals surface area contributed by atoms with Crippen molar-refractivity contribution in [2.75, 3.05) is 26.9 Å². The Morgan fingerprint density at radius 2 is 1.29 bits per heavy atom. The first-order valence-corrected chi connectivity index (χ1v) is 21.1. The lowest BCUT2D eigenvalue weighted by atomic mass is 9.89. The van der Waals surface area contributed by atoms with Gasteiger partial charge < -0.3 is 57.4 Å². The van der Waals surface area contributed by atoms with Crippen LogP contribution in [0.3, 0.4) is 0 Å². The summed E-state index contributed by atoms with van der Waals surface area (Å²) in [5.74, 6) is -7.97. The summed E-state index contributed by atoms with van der Waals surface area (Å²) in [7, 11) is 1.00. The van der Waals surface area contributed by atoms with Crippen molar-refractivity contribution in [1.82, 2.24) is 5.32 Å². The summed E-state index contributed by atoms with van der Waals surface area (Å²) in [4.78, 5) is 112. The van der Waals surface area contributed by atoms with E-state index in [1.54, 1.807) is 0 Å². The fraction of sp³-hybridized carbons (Fsp3) is 0.775. The van der Waals surface area contributed by atoms with Crippen molar-refractivity contribution in [1.29, 1.82) is 0 Å². The summed E-state index contributed by atoms with van der Waals surface area (Å²) in [6, 6.07) is -1.48. The zero-order valence-corrected chi connectivity index (χ0v) is 37.7. The van der Waals surface area contributed by atoms with Crippen molar-refractivity contribution < 1.29 is 95.3 Å². The molecule has 0 aromatic carbocycles. The minimum Gasteiger partial charge on any atom is -0.466 e. The summed E-state index contributed by atoms with van der Waals surface area (Å²) < 4.78 is 63.1. The van der Waals surface area contributed by atoms with E-state index in [0.717, 1.165) is 94.6 Å². The molecule has 22 heteroatoms. The number of nitrogens with one attached hydrogen (secondary N) is 1. The predicted octanol–water partition coefficient (Wildman–Crippen LogP) is 2.14. The molecule has 0 aliphatic carbocycles. The molecule has 1 amide bonds. The SMILES string of the molecule is CCCCCCCCO[C@@H]1O[C@H](COC(C)=O)[C@H](OC(C)=O)[C@H](S[C@]2(C(=O)OC)C[C@H](OC(C)=O)[C@@H](NC(C)=O)[C@H]([C@H](OC(C)=O)[C@@H](COC(C)=O)OC(C)=O)O2)[C@H]1OC(C)=O. The van der Waals surface area contributed by atoms with Crippen LogP contribution in [0.2, 0.25) is 0 Å². The van der Waals surface area contributed by atoms with Gasteiger partial charge in [0.25, 0.3) is 0 Å². The fourth-order valence-corrected chi connectivity index (χ4v) is 8.68. The largest absolute Gasteiger partial charge is 0.466 e. The first kappa shape index (κ1) is 53.6. The van der Waals surface area contributed by atoms with Gasteiger partial charge in [-0.1, -0.05) is 39.0 Å². The van der Waals surface area contributed by atoms with Gasteiger partial charge in [-0.15, -0.1) is 11.8 Å². The lowest BCUT2D eigenvalue weighted by molar-refractivity contribution is -0.275. The Labute approximate surface area is 364 Å². The minimum atomic E-state index is -2.45. The Kier molecular flexibility index (Phi) is 22.6. The Bertz CT molecular complexity index is 1580. The van der Waals surface area contributed by atoms with Crippen molar-refractivity contribution in [2.45, 2.75) is 173 Å². The first-order chi connectivity index (χ1) is 29.1. The number of carbonyl (C=O) groups is 9. The van der Waals surface area contributed by atoms with Crippen LogP contribution in [-0.4, -0.2) is 146 Å². The molecule has 0 aromatic rings. The molecule has 2 rings (SSSR count). The number of rotatable bonds is 23. The van der Waals surface area contributed by atoms with Gasteiger partial charge >= 0.3 is 47.8 Å². The van der Waals surface area contributed by atoms with E-state index < -0.39 is 139 Å². The molecule has 2 aliphatic rings. The highest BCUT2D eigenvalue weighted by Crippen LogP contribution is 2.49. The first-order valence-electron chi connectivity index (χ1n) is 20.3. The normalized spacial score (nSPS) is 26.6. The van der Waals surface area contributed by atoms with E-state index in [1.807, 2.05) is 0 Å². The van der Waals surface area contributed by atoms with Gasteiger partial charge in [-0.2, -0.15) is 0 Å². The molecule has 62 heavy (non-hydrogen) atoms. The highest BCUT2D eigenvalue weighted by atomic mass is 32.2. The van der Waals surface area contributed by atoms with Crippen LogP contribution in [0.1, 0.15) is 107 Å². The van der Waals surface area contributed by atoms with Crippen LogP contribution in [0.4, 0.5) is 0 Å². The molecular weight excluding hydrogens is 846 g/mol. The second-order valence-corrected chi connectivity index (χ2v) is 16.1. The van der Waals surface area contributed by atoms with Crippen LogP contribution in [-0.2, 0) is 95.3 Å². The molecule has 352 valence electrons. The number of methoxy groups -OCH3 is 1. The topological polar surface area (TPSA) is 267 Å². The summed E-state index contributed by atoms with van der Waals surface area (Å²) in [5.41, 5.74) is 0. The Balaban J connectivity index is 2.97. The number of ether oxygens (including phenoxy) is 11. The van der Waals surface area contributed by atoms with Crippen LogP contribution in [0.15, 0.2) is 0 Å². The molecule has 0 aromatic heterocycles. The van der Waals surface area contributed by atoms with Gasteiger partial charge in [0.1, 0.15) is 37.6 Å². The molecule has 2 saturated heterocycles. The van der Waals surface area contributed by atoms with Gasteiger partial charge in [0.2, 0.25) is 10.8 Å². The van der Waals surface area contributed by atoms with E-state index in [2.05, 4.69) is 12.2 Å². The van der Waals surface area contributed by atoms with Gasteiger partial charge in [0, 0.05) is 68.4 Å². The molecule has 11 atom stereocenters. The number of hydrogen-bond donors (Lipinski definition) is 1. The standard InChI is InChI=1S/C40H61NO20S/c1-11-12-13-14-15-16-17-52-38-36(59-28(9)49)37(34(58-27(8)48)31(60-38)20-54-23(4)44)62-40(39(50)51-10)18-29(55-24(5)45)32(41-21(2)42)35(61-40)33(57-26(7)47)30(56-25(6)46)19-53-22(3)43/h29-38H,11-20H2,1-10H3,(H,41,42)/t29-,30+,31+,32+,33+,34-,35+,36+,37-,38+,40-/m0/s1. The van der Waals surface area contributed by atoms with E-state index >= 15 is 0 Å². The number of esters is 8. The number of unbranched alkanes of at least 4 members (excludes halogenated alkanes) is 5. The van der Waals surface area contributed by atoms with Crippen LogP contribution < -0.4 is 5.32 Å². The van der Waals surface area contributed by atoms with Crippen molar-refractivity contribution in [3.05, 3.63) is 0 Å². The average Bonchev–Trinajstić information content (AvgIpc) is 3.16. The molecule has 0 spiro atoms. The summed E-state index contributed by atoms with van der Waals surface area (Å²) in [5, 5.41) is 1.17. The van der Waals surface area contributed by atoms with E-state index in [9.17, 15) is 43.2 Å². The van der Waals surface area contributed by atoms with Gasteiger partial charge in [-0.3, -0.25) is 38.4 Å². The molecule has 0 unspecified atom stereocenters. The molecular formula is C40H61NO20S. The smallest absolute Gasteiger partial charge is 0.349 e. The Morgan fingerprint density at radius 1 is 0.710 bits per heavy atom. The highest BCUT2D eigenvalue weighted by Gasteiger charge is 2.62. The molecule has 1 N–H and O–H groups in total. The molecule has 2 heterocycles. The molecule has 0 bridgehead atoms. The maximum absolute atomic E-state index is 14.4. The van der Waals surface area contributed by atoms with Crippen LogP contribution >= 0.6 is 11.8 Å². The van der Waals surface area contributed by atoms with Gasteiger partial charge in [0.05, 0.1) is 18.4 Å². The summed E-state index contributed by atoms with van der Waals surface area (Å²) >= 11 is 0.563. The molecule has 21 nitrogen and oxygen atoms in total. The number of thioether (sulfide) groups is 1. The molecule has 0 radical (unpaired) electrons. The van der Waals surface area contributed by atoms with Gasteiger partial charge in [-0.05, 0) is 6.42 Å². The van der Waals surface area contributed by atoms with Crippen molar-refractivity contribution in [2.24, 2.45) is 0 Å². The van der Waals surface area contributed by atoms with E-state index in [4.69, 9.17) is 52.1 Å². The van der Waals surface area contributed by atoms with Crippen LogP contribution in [0, 0.1) is 0 Å². The monoisotopic (exact) mass is 907 g/mol. The second kappa shape index (κ2) is 26.2. The van der Waals surface area contributed by atoms with Crippen LogP contribution in [0.25, 0.3) is 0 Å². The average molecular weight is 908 g/mol. The lowest BCUT2D eigenvalue weighted by Gasteiger charge is -2.51. The fourth-order valence-electron chi connectivity index (χ4n) is 6.95. The number of amides is 1. The Hall–Kier alpha value is -4.54. The number of hydrogen-bond acceptors (Lipinski definition) is 21. The minimum absolute atomic E-state index is 0.0992. The molecule has 0 saturated carbocycles. The third-order valence-electron chi connectivity index (χ3n) is 9.25. The maximum Gasteiger partial charge on any atom is 0.349 e. The van der Waals surface area contributed by atoms with Crippen LogP contribution in [0.5, 0.6) is 0 Å². The van der Waals surface area contributed by atoms with Gasteiger partial charge in [-0.25, -0.2) is 4.79 Å². The second-order valence-electron chi connectivity index (χ2n) is 14.6. The summed E-state index contributed by atoms with van der Waals surface area (Å²) in [6.07, 6.45) is -7.89. The highest BCUT2D eigenvalue weighted by molar-refractivity contribution is 8.01. The molecule has 2 aliphatic heterocycles.